The van der Waals surface area contributed by atoms with Crippen LogP contribution in [0.15, 0.2) is 33.9 Å². The van der Waals surface area contributed by atoms with Gasteiger partial charge in [0.05, 0.1) is 25.3 Å². The summed E-state index contributed by atoms with van der Waals surface area (Å²) in [6.45, 7) is 0.613. The topological polar surface area (TPSA) is 110 Å². The van der Waals surface area contributed by atoms with Gasteiger partial charge in [-0.2, -0.15) is 13.2 Å². The number of methoxy groups -OCH3 is 1. The number of H-pyrrole nitrogens is 1. The number of piperidine rings is 1. The monoisotopic (exact) mass is 454 g/mol. The number of hydrogen-bond donors (Lipinski definition) is 2. The molecule has 1 fully saturated rings. The number of aromatic nitrogens is 2. The Hall–Kier alpha value is -2.92. The number of aromatic amines is 1. The predicted molar refractivity (Wildman–Crippen MR) is 112 cm³/mol. The van der Waals surface area contributed by atoms with E-state index in [-0.39, 0.29) is 37.1 Å². The van der Waals surface area contributed by atoms with Crippen molar-refractivity contribution in [3.8, 4) is 0 Å². The molecule has 0 spiro atoms. The zero-order valence-corrected chi connectivity index (χ0v) is 17.6. The Morgan fingerprint density at radius 3 is 2.53 bits per heavy atom. The Balaban J connectivity index is 1.86. The second-order valence-electron chi connectivity index (χ2n) is 7.69. The third-order valence-corrected chi connectivity index (χ3v) is 5.62. The van der Waals surface area contributed by atoms with E-state index < -0.39 is 28.8 Å². The van der Waals surface area contributed by atoms with E-state index in [1.54, 1.807) is 0 Å². The van der Waals surface area contributed by atoms with Gasteiger partial charge in [-0.3, -0.25) is 24.0 Å². The summed E-state index contributed by atoms with van der Waals surface area (Å²) in [6.07, 6.45) is -2.09. The Kier molecular flexibility index (Phi) is 7.19. The number of nitrogens with one attached hydrogen (secondary N) is 1. The molecule has 0 aliphatic carbocycles. The van der Waals surface area contributed by atoms with Crippen molar-refractivity contribution in [3.63, 3.8) is 0 Å². The van der Waals surface area contributed by atoms with Gasteiger partial charge in [0.25, 0.3) is 5.56 Å². The first kappa shape index (κ1) is 23.7. The molecule has 8 nitrogen and oxygen atoms in total. The van der Waals surface area contributed by atoms with Crippen molar-refractivity contribution in [2.24, 2.45) is 0 Å². The average molecular weight is 454 g/mol. The number of ether oxygens (including phenoxy) is 1. The summed E-state index contributed by atoms with van der Waals surface area (Å²) in [5, 5.41) is 0. The van der Waals surface area contributed by atoms with E-state index in [0.717, 1.165) is 29.5 Å². The van der Waals surface area contributed by atoms with Crippen LogP contribution in [0.3, 0.4) is 0 Å². The molecule has 1 aromatic carbocycles. The van der Waals surface area contributed by atoms with Crippen LogP contribution in [0.2, 0.25) is 0 Å². The minimum absolute atomic E-state index is 0.0656. The highest BCUT2D eigenvalue weighted by molar-refractivity contribution is 6.01. The zero-order valence-electron chi connectivity index (χ0n) is 17.6. The van der Waals surface area contributed by atoms with Gasteiger partial charge in [-0.15, -0.1) is 0 Å². The number of anilines is 1. The standard InChI is InChI=1S/C21H25F3N4O4/c1-32-11-10-28-18(25)17(19(30)26-20(28)31)16(29)12-27-9-3-2-4-15(27)13-5-7-14(8-6-13)21(22,23)24/h5-8,15H,2-4,9-12,25H2,1H3,(H,26,30,31). The highest BCUT2D eigenvalue weighted by Crippen LogP contribution is 2.34. The predicted octanol–water partition coefficient (Wildman–Crippen LogP) is 2.19. The second-order valence-corrected chi connectivity index (χ2v) is 7.69. The van der Waals surface area contributed by atoms with Crippen LogP contribution in [0, 0.1) is 0 Å². The summed E-state index contributed by atoms with van der Waals surface area (Å²) in [5.74, 6) is -0.794. The molecule has 1 atom stereocenters. The molecule has 174 valence electrons. The molecule has 0 radical (unpaired) electrons. The van der Waals surface area contributed by atoms with E-state index in [0.29, 0.717) is 18.5 Å². The molecule has 1 saturated heterocycles. The molecule has 0 saturated carbocycles. The van der Waals surface area contributed by atoms with E-state index in [1.807, 2.05) is 4.90 Å². The van der Waals surface area contributed by atoms with Crippen molar-refractivity contribution >= 4 is 11.6 Å². The molecule has 1 aliphatic rings. The highest BCUT2D eigenvalue weighted by atomic mass is 19.4. The number of nitrogen functional groups attached to an aromatic ring is 1. The summed E-state index contributed by atoms with van der Waals surface area (Å²) < 4.78 is 44.6. The van der Waals surface area contributed by atoms with Gasteiger partial charge in [0.2, 0.25) is 0 Å². The zero-order chi connectivity index (χ0) is 23.5. The van der Waals surface area contributed by atoms with Gasteiger partial charge in [-0.05, 0) is 37.1 Å². The van der Waals surface area contributed by atoms with Crippen molar-refractivity contribution in [3.05, 3.63) is 61.8 Å². The number of alkyl halides is 3. The minimum atomic E-state index is -4.43. The molecular formula is C21H25F3N4O4. The number of likely N-dealkylation sites (tertiary alicyclic amines) is 1. The van der Waals surface area contributed by atoms with Crippen molar-refractivity contribution < 1.29 is 22.7 Å². The molecule has 2 aromatic rings. The average Bonchev–Trinajstić information content (AvgIpc) is 2.73. The van der Waals surface area contributed by atoms with Crippen LogP contribution in [-0.4, -0.2) is 47.0 Å². The number of benzene rings is 1. The molecule has 0 amide bonds. The van der Waals surface area contributed by atoms with E-state index in [4.69, 9.17) is 10.5 Å². The summed E-state index contributed by atoms with van der Waals surface area (Å²) in [5.41, 5.74) is 3.99. The largest absolute Gasteiger partial charge is 0.416 e. The first-order valence-electron chi connectivity index (χ1n) is 10.2. The summed E-state index contributed by atoms with van der Waals surface area (Å²) >= 11 is 0. The van der Waals surface area contributed by atoms with Crippen LogP contribution in [0.1, 0.15) is 46.8 Å². The number of nitrogens with zero attached hydrogens (tertiary/aromatic N) is 2. The molecule has 1 aromatic heterocycles. The number of nitrogens with two attached hydrogens (primary N) is 1. The first-order valence-corrected chi connectivity index (χ1v) is 10.2. The maximum absolute atomic E-state index is 13.0. The molecule has 0 bridgehead atoms. The number of Topliss-reactive ketones (excluding diaryl/α,β-unsaturated/α-hetero) is 1. The Labute approximate surface area is 181 Å². The molecule has 3 rings (SSSR count). The van der Waals surface area contributed by atoms with Gasteiger partial charge < -0.3 is 10.5 Å². The number of carbonyl (C=O) groups is 1. The van der Waals surface area contributed by atoms with Gasteiger partial charge in [0, 0.05) is 13.2 Å². The molecule has 1 unspecified atom stereocenters. The van der Waals surface area contributed by atoms with Gasteiger partial charge in [-0.25, -0.2) is 4.79 Å². The normalized spacial score (nSPS) is 17.4. The maximum atomic E-state index is 13.0. The third-order valence-electron chi connectivity index (χ3n) is 5.62. The van der Waals surface area contributed by atoms with Crippen LogP contribution in [-0.2, 0) is 17.5 Å². The van der Waals surface area contributed by atoms with Crippen LogP contribution in [0.5, 0.6) is 0 Å². The maximum Gasteiger partial charge on any atom is 0.416 e. The molecule has 1 aliphatic heterocycles. The lowest BCUT2D eigenvalue weighted by molar-refractivity contribution is -0.137. The smallest absolute Gasteiger partial charge is 0.384 e. The molecule has 3 N–H and O–H groups in total. The third kappa shape index (κ3) is 5.10. The number of carbonyl (C=O) groups excluding carboxylic acids is 1. The van der Waals surface area contributed by atoms with Crippen molar-refractivity contribution in [1.29, 1.82) is 0 Å². The van der Waals surface area contributed by atoms with Gasteiger partial charge in [0.1, 0.15) is 11.4 Å². The number of halogens is 3. The molecule has 32 heavy (non-hydrogen) atoms. The van der Waals surface area contributed by atoms with Gasteiger partial charge >= 0.3 is 11.9 Å². The minimum Gasteiger partial charge on any atom is -0.384 e. The van der Waals surface area contributed by atoms with E-state index >= 15 is 0 Å². The fourth-order valence-electron chi connectivity index (χ4n) is 3.98. The number of ketones is 1. The van der Waals surface area contributed by atoms with Crippen LogP contribution in [0.25, 0.3) is 0 Å². The SMILES string of the molecule is COCCn1c(N)c(C(=O)CN2CCCCC2c2ccc(C(F)(F)F)cc2)c(=O)[nH]c1=O. The van der Waals surface area contributed by atoms with Crippen LogP contribution >= 0.6 is 0 Å². The Bertz CT molecular complexity index is 1080. The quantitative estimate of drug-likeness (QED) is 0.621. The second kappa shape index (κ2) is 9.70. The molecule has 2 heterocycles. The summed E-state index contributed by atoms with van der Waals surface area (Å²) in [6, 6.07) is 4.62. The highest BCUT2D eigenvalue weighted by Gasteiger charge is 2.32. The Morgan fingerprint density at radius 2 is 1.91 bits per heavy atom. The first-order chi connectivity index (χ1) is 15.1. The van der Waals surface area contributed by atoms with Crippen molar-refractivity contribution in [2.75, 3.05) is 32.5 Å². The van der Waals surface area contributed by atoms with E-state index in [9.17, 15) is 27.6 Å². The fraction of sp³-hybridized carbons (Fsp3) is 0.476. The van der Waals surface area contributed by atoms with E-state index in [2.05, 4.69) is 4.98 Å². The molecular weight excluding hydrogens is 429 g/mol. The molecule has 11 heteroatoms. The summed E-state index contributed by atoms with van der Waals surface area (Å²) in [4.78, 5) is 41.3. The van der Waals surface area contributed by atoms with Gasteiger partial charge in [-0.1, -0.05) is 18.6 Å². The van der Waals surface area contributed by atoms with Gasteiger partial charge in [0.15, 0.2) is 5.78 Å². The number of hydrogen-bond acceptors (Lipinski definition) is 6. The lowest BCUT2D eigenvalue weighted by Crippen LogP contribution is -2.41. The van der Waals surface area contributed by atoms with Crippen LogP contribution in [0.4, 0.5) is 19.0 Å². The number of rotatable bonds is 7. The van der Waals surface area contributed by atoms with E-state index in [1.165, 1.54) is 19.2 Å². The summed E-state index contributed by atoms with van der Waals surface area (Å²) in [7, 11) is 1.44. The lowest BCUT2D eigenvalue weighted by Gasteiger charge is -2.35. The van der Waals surface area contributed by atoms with Crippen molar-refractivity contribution in [1.82, 2.24) is 14.5 Å². The Morgan fingerprint density at radius 1 is 1.22 bits per heavy atom. The van der Waals surface area contributed by atoms with Crippen LogP contribution < -0.4 is 17.0 Å². The fourth-order valence-corrected chi connectivity index (χ4v) is 3.98. The lowest BCUT2D eigenvalue weighted by atomic mass is 9.94. The van der Waals surface area contributed by atoms with Crippen molar-refractivity contribution in [2.45, 2.75) is 38.0 Å².